The smallest absolute Gasteiger partial charge is 0.233 e. The van der Waals surface area contributed by atoms with Crippen molar-refractivity contribution in [1.29, 1.82) is 0 Å². The minimum absolute atomic E-state index is 0.127. The molecule has 0 radical (unpaired) electrons. The Hall–Kier alpha value is -2.10. The van der Waals surface area contributed by atoms with Gasteiger partial charge in [-0.05, 0) is 30.9 Å². The van der Waals surface area contributed by atoms with Crippen molar-refractivity contribution in [3.63, 3.8) is 0 Å². The van der Waals surface area contributed by atoms with Gasteiger partial charge in [-0.3, -0.25) is 9.59 Å². The summed E-state index contributed by atoms with van der Waals surface area (Å²) in [5.74, 6) is -0.358. The highest BCUT2D eigenvalue weighted by Crippen LogP contribution is 2.36. The highest BCUT2D eigenvalue weighted by molar-refractivity contribution is 6.50. The molecule has 1 N–H and O–H groups in total. The maximum Gasteiger partial charge on any atom is 0.233 e. The molecular formula is C15H14O4. The Morgan fingerprint density at radius 3 is 2.68 bits per heavy atom. The van der Waals surface area contributed by atoms with Gasteiger partial charge in [0.05, 0.1) is 11.7 Å². The van der Waals surface area contributed by atoms with Gasteiger partial charge in [-0.2, -0.15) is 0 Å². The number of allylic oxidation sites excluding steroid dienone is 1. The maximum atomic E-state index is 11.8. The Balaban J connectivity index is 1.98. The van der Waals surface area contributed by atoms with E-state index in [1.807, 2.05) is 0 Å². The molecule has 1 fully saturated rings. The van der Waals surface area contributed by atoms with E-state index in [1.165, 1.54) is 6.07 Å². The summed E-state index contributed by atoms with van der Waals surface area (Å²) in [6.45, 7) is 2.15. The summed E-state index contributed by atoms with van der Waals surface area (Å²) in [6, 6.07) is 4.92. The molecule has 4 heteroatoms. The van der Waals surface area contributed by atoms with Gasteiger partial charge in [-0.25, -0.2) is 0 Å². The molecule has 4 nitrogen and oxygen atoms in total. The summed E-state index contributed by atoms with van der Waals surface area (Å²) >= 11 is 0. The summed E-state index contributed by atoms with van der Waals surface area (Å²) < 4.78 is 5.81. The quantitative estimate of drug-likeness (QED) is 0.828. The number of fused-ring (bicyclic) bond motifs is 1. The Kier molecular flexibility index (Phi) is 2.66. The first kappa shape index (κ1) is 12.0. The van der Waals surface area contributed by atoms with Crippen LogP contribution < -0.4 is 4.74 Å². The number of aliphatic hydroxyl groups excluding tert-OH is 1. The van der Waals surface area contributed by atoms with Crippen LogP contribution in [0.15, 0.2) is 24.3 Å². The highest BCUT2D eigenvalue weighted by Gasteiger charge is 2.31. The summed E-state index contributed by atoms with van der Waals surface area (Å²) in [5.41, 5.74) is 0.557. The first-order valence-corrected chi connectivity index (χ1v) is 6.35. The van der Waals surface area contributed by atoms with Gasteiger partial charge in [0.2, 0.25) is 11.6 Å². The zero-order chi connectivity index (χ0) is 13.6. The third-order valence-electron chi connectivity index (χ3n) is 3.64. The van der Waals surface area contributed by atoms with E-state index < -0.39 is 11.6 Å². The standard InChI is InChI=1S/C15H14O4/c1-8-5-9(6-8)19-13-4-2-3-10-14(13)11(16)7-12(17)15(10)18/h2-4,7-9,16H,5-6H2,1H3. The second-order valence-corrected chi connectivity index (χ2v) is 5.22. The van der Waals surface area contributed by atoms with Crippen molar-refractivity contribution in [3.8, 4) is 5.75 Å². The predicted octanol–water partition coefficient (Wildman–Crippen LogP) is 2.53. The number of carbonyl (C=O) groups excluding carboxylic acids is 2. The Morgan fingerprint density at radius 1 is 1.26 bits per heavy atom. The van der Waals surface area contributed by atoms with Crippen LogP contribution >= 0.6 is 0 Å². The molecule has 2 aliphatic rings. The summed E-state index contributed by atoms with van der Waals surface area (Å²) in [4.78, 5) is 23.2. The minimum Gasteiger partial charge on any atom is -0.507 e. The molecule has 19 heavy (non-hydrogen) atoms. The number of ether oxygens (including phenoxy) is 1. The zero-order valence-corrected chi connectivity index (χ0v) is 10.6. The lowest BCUT2D eigenvalue weighted by Gasteiger charge is -2.33. The molecule has 0 spiro atoms. The summed E-state index contributed by atoms with van der Waals surface area (Å²) in [7, 11) is 0. The van der Waals surface area contributed by atoms with Crippen LogP contribution in [0, 0.1) is 5.92 Å². The predicted molar refractivity (Wildman–Crippen MR) is 69.2 cm³/mol. The van der Waals surface area contributed by atoms with Crippen LogP contribution in [0.1, 0.15) is 35.7 Å². The van der Waals surface area contributed by atoms with Gasteiger partial charge in [0, 0.05) is 11.6 Å². The molecule has 98 valence electrons. The van der Waals surface area contributed by atoms with Crippen LogP contribution in [0.4, 0.5) is 0 Å². The summed E-state index contributed by atoms with van der Waals surface area (Å²) in [6.07, 6.45) is 3.03. The van der Waals surface area contributed by atoms with E-state index in [0.717, 1.165) is 18.9 Å². The average Bonchev–Trinajstić information content (AvgIpc) is 2.34. The molecule has 0 aromatic heterocycles. The van der Waals surface area contributed by atoms with Gasteiger partial charge in [0.25, 0.3) is 0 Å². The molecule has 0 aliphatic heterocycles. The molecule has 0 unspecified atom stereocenters. The van der Waals surface area contributed by atoms with Gasteiger partial charge in [-0.15, -0.1) is 0 Å². The molecule has 3 rings (SSSR count). The van der Waals surface area contributed by atoms with Gasteiger partial charge in [0.15, 0.2) is 0 Å². The fourth-order valence-electron chi connectivity index (χ4n) is 2.58. The third-order valence-corrected chi connectivity index (χ3v) is 3.64. The molecular weight excluding hydrogens is 244 g/mol. The lowest BCUT2D eigenvalue weighted by atomic mass is 9.84. The molecule has 1 saturated carbocycles. The van der Waals surface area contributed by atoms with Gasteiger partial charge < -0.3 is 9.84 Å². The molecule has 0 amide bonds. The van der Waals surface area contributed by atoms with Crippen LogP contribution in [-0.4, -0.2) is 22.8 Å². The number of ketones is 2. The first-order chi connectivity index (χ1) is 9.06. The van der Waals surface area contributed by atoms with Crippen molar-refractivity contribution >= 4 is 17.3 Å². The second kappa shape index (κ2) is 4.23. The van der Waals surface area contributed by atoms with Crippen molar-refractivity contribution in [2.75, 3.05) is 0 Å². The van der Waals surface area contributed by atoms with Crippen molar-refractivity contribution in [2.45, 2.75) is 25.9 Å². The molecule has 0 atom stereocenters. The van der Waals surface area contributed by atoms with E-state index in [0.29, 0.717) is 17.2 Å². The maximum absolute atomic E-state index is 11.8. The van der Waals surface area contributed by atoms with Crippen molar-refractivity contribution in [3.05, 3.63) is 35.4 Å². The number of rotatable bonds is 2. The Bertz CT molecular complexity index is 594. The lowest BCUT2D eigenvalue weighted by Crippen LogP contribution is -2.32. The fourth-order valence-corrected chi connectivity index (χ4v) is 2.58. The van der Waals surface area contributed by atoms with Crippen LogP contribution in [0.25, 0.3) is 5.76 Å². The fraction of sp³-hybridized carbons (Fsp3) is 0.333. The normalized spacial score (nSPS) is 25.4. The number of benzene rings is 1. The first-order valence-electron chi connectivity index (χ1n) is 6.35. The van der Waals surface area contributed by atoms with Crippen LogP contribution in [0.2, 0.25) is 0 Å². The van der Waals surface area contributed by atoms with Gasteiger partial charge in [-0.1, -0.05) is 13.0 Å². The van der Waals surface area contributed by atoms with E-state index in [1.54, 1.807) is 12.1 Å². The number of hydrogen-bond donors (Lipinski definition) is 1. The monoisotopic (exact) mass is 258 g/mol. The van der Waals surface area contributed by atoms with Crippen LogP contribution in [0.5, 0.6) is 5.75 Å². The Labute approximate surface area is 110 Å². The molecule has 0 bridgehead atoms. The van der Waals surface area contributed by atoms with E-state index in [2.05, 4.69) is 6.92 Å². The number of carbonyl (C=O) groups is 2. The van der Waals surface area contributed by atoms with Gasteiger partial charge in [0.1, 0.15) is 11.5 Å². The van der Waals surface area contributed by atoms with Gasteiger partial charge >= 0.3 is 0 Å². The minimum atomic E-state index is -0.695. The number of Topliss-reactive ketones (excluding diaryl/α,β-unsaturated/α-hetero) is 1. The molecule has 1 aromatic rings. The summed E-state index contributed by atoms with van der Waals surface area (Å²) in [5, 5.41) is 9.89. The Morgan fingerprint density at radius 2 is 2.00 bits per heavy atom. The van der Waals surface area contributed by atoms with Crippen molar-refractivity contribution < 1.29 is 19.4 Å². The van der Waals surface area contributed by atoms with E-state index in [9.17, 15) is 14.7 Å². The highest BCUT2D eigenvalue weighted by atomic mass is 16.5. The van der Waals surface area contributed by atoms with Crippen LogP contribution in [-0.2, 0) is 4.79 Å². The number of aliphatic hydroxyl groups is 1. The van der Waals surface area contributed by atoms with Crippen LogP contribution in [0.3, 0.4) is 0 Å². The lowest BCUT2D eigenvalue weighted by molar-refractivity contribution is -0.111. The SMILES string of the molecule is CC1CC(Oc2cccc3c2C(O)=CC(=O)C3=O)C1. The zero-order valence-electron chi connectivity index (χ0n) is 10.6. The van der Waals surface area contributed by atoms with E-state index in [-0.39, 0.29) is 17.4 Å². The molecule has 1 aromatic carbocycles. The third kappa shape index (κ3) is 1.93. The molecule has 0 heterocycles. The van der Waals surface area contributed by atoms with E-state index >= 15 is 0 Å². The van der Waals surface area contributed by atoms with Crippen molar-refractivity contribution in [1.82, 2.24) is 0 Å². The molecule has 2 aliphatic carbocycles. The average molecular weight is 258 g/mol. The van der Waals surface area contributed by atoms with E-state index in [4.69, 9.17) is 4.74 Å². The second-order valence-electron chi connectivity index (χ2n) is 5.22. The molecule has 0 saturated heterocycles. The van der Waals surface area contributed by atoms with Crippen molar-refractivity contribution in [2.24, 2.45) is 5.92 Å². The largest absolute Gasteiger partial charge is 0.507 e. The topological polar surface area (TPSA) is 63.6 Å². The number of hydrogen-bond acceptors (Lipinski definition) is 4.